The van der Waals surface area contributed by atoms with Gasteiger partial charge in [-0.1, -0.05) is 60.7 Å². The zero-order chi connectivity index (χ0) is 22.0. The fraction of sp³-hybridized carbons (Fsp3) is 0.333. The van der Waals surface area contributed by atoms with E-state index in [2.05, 4.69) is 10.6 Å². The van der Waals surface area contributed by atoms with Gasteiger partial charge in [0.1, 0.15) is 6.04 Å². The molecule has 0 heterocycles. The van der Waals surface area contributed by atoms with Crippen LogP contribution in [0, 0.1) is 0 Å². The van der Waals surface area contributed by atoms with E-state index >= 15 is 0 Å². The molecule has 2 atom stereocenters. The minimum atomic E-state index is -4.09. The van der Waals surface area contributed by atoms with E-state index in [1.165, 1.54) is 0 Å². The molecule has 162 valence electrons. The maximum absolute atomic E-state index is 12.6. The molecule has 0 unspecified atom stereocenters. The lowest BCUT2D eigenvalue weighted by molar-refractivity contribution is -0.129. The molecule has 0 radical (unpaired) electrons. The van der Waals surface area contributed by atoms with Crippen molar-refractivity contribution in [2.24, 2.45) is 5.73 Å². The van der Waals surface area contributed by atoms with E-state index in [9.17, 15) is 18.0 Å². The Labute approximate surface area is 176 Å². The molecule has 8 nitrogen and oxygen atoms in total. The first kappa shape index (κ1) is 23.5. The third-order valence-electron chi connectivity index (χ3n) is 4.43. The van der Waals surface area contributed by atoms with Gasteiger partial charge in [-0.2, -0.15) is 8.42 Å². The standard InChI is InChI=1S/C21H27N3O5S/c22-18(14-16-8-3-1-4-9-16)20(25)24-19(15-17-10-5-2-6-11-17)21(26)23-12-7-13-30(27,28)29/h1-6,8-11,18-19H,7,12-15,22H2,(H,23,26)(H,24,25)(H,27,28,29)/t18-,19-/m1/s1. The molecule has 2 aromatic carbocycles. The van der Waals surface area contributed by atoms with Crippen LogP contribution in [0.15, 0.2) is 60.7 Å². The molecule has 0 bridgehead atoms. The van der Waals surface area contributed by atoms with Crippen molar-refractivity contribution >= 4 is 21.9 Å². The molecule has 0 fully saturated rings. The third kappa shape index (κ3) is 8.73. The molecule has 2 amide bonds. The average Bonchev–Trinajstić information content (AvgIpc) is 2.71. The minimum absolute atomic E-state index is 0.0514. The van der Waals surface area contributed by atoms with Crippen LogP contribution in [-0.4, -0.2) is 49.2 Å². The number of hydrogen-bond donors (Lipinski definition) is 4. The zero-order valence-corrected chi connectivity index (χ0v) is 17.3. The largest absolute Gasteiger partial charge is 0.354 e. The molecule has 2 aromatic rings. The van der Waals surface area contributed by atoms with E-state index in [1.807, 2.05) is 60.7 Å². The molecule has 2 rings (SSSR count). The number of nitrogens with one attached hydrogen (secondary N) is 2. The van der Waals surface area contributed by atoms with Crippen LogP contribution in [0.1, 0.15) is 17.5 Å². The second kappa shape index (κ2) is 11.4. The van der Waals surface area contributed by atoms with Crippen LogP contribution < -0.4 is 16.4 Å². The van der Waals surface area contributed by atoms with Crippen molar-refractivity contribution in [1.82, 2.24) is 10.6 Å². The van der Waals surface area contributed by atoms with Crippen LogP contribution in [0.3, 0.4) is 0 Å². The van der Waals surface area contributed by atoms with Gasteiger partial charge in [0.05, 0.1) is 11.8 Å². The normalized spacial score (nSPS) is 13.3. The summed E-state index contributed by atoms with van der Waals surface area (Å²) in [5, 5.41) is 5.30. The molecule has 0 aliphatic rings. The first-order chi connectivity index (χ1) is 14.2. The molecule has 0 spiro atoms. The van der Waals surface area contributed by atoms with Gasteiger partial charge in [-0.05, 0) is 24.0 Å². The number of benzene rings is 2. The molecule has 9 heteroatoms. The summed E-state index contributed by atoms with van der Waals surface area (Å²) < 4.78 is 30.4. The van der Waals surface area contributed by atoms with Crippen LogP contribution in [0.25, 0.3) is 0 Å². The lowest BCUT2D eigenvalue weighted by atomic mass is 10.0. The Balaban J connectivity index is 1.99. The molecule has 30 heavy (non-hydrogen) atoms. The highest BCUT2D eigenvalue weighted by molar-refractivity contribution is 7.85. The number of carbonyl (C=O) groups is 2. The second-order valence-corrected chi connectivity index (χ2v) is 8.55. The first-order valence-electron chi connectivity index (χ1n) is 9.61. The fourth-order valence-electron chi connectivity index (χ4n) is 2.89. The highest BCUT2D eigenvalue weighted by Crippen LogP contribution is 2.06. The number of rotatable bonds is 11. The van der Waals surface area contributed by atoms with Crippen LogP contribution in [0.2, 0.25) is 0 Å². The second-order valence-electron chi connectivity index (χ2n) is 6.98. The monoisotopic (exact) mass is 433 g/mol. The van der Waals surface area contributed by atoms with Crippen molar-refractivity contribution in [3.8, 4) is 0 Å². The Kier molecular flexibility index (Phi) is 8.97. The smallest absolute Gasteiger partial charge is 0.264 e. The molecular formula is C21H27N3O5S. The summed E-state index contributed by atoms with van der Waals surface area (Å²) >= 11 is 0. The quantitative estimate of drug-likeness (QED) is 0.304. The van der Waals surface area contributed by atoms with Gasteiger partial charge in [0.15, 0.2) is 0 Å². The van der Waals surface area contributed by atoms with E-state index in [1.54, 1.807) is 0 Å². The number of carbonyl (C=O) groups excluding carboxylic acids is 2. The molecule has 0 aliphatic heterocycles. The summed E-state index contributed by atoms with van der Waals surface area (Å²) in [4.78, 5) is 25.2. The lowest BCUT2D eigenvalue weighted by Crippen LogP contribution is -2.53. The van der Waals surface area contributed by atoms with E-state index < -0.39 is 39.8 Å². The van der Waals surface area contributed by atoms with Crippen LogP contribution >= 0.6 is 0 Å². The summed E-state index contributed by atoms with van der Waals surface area (Å²) in [5.74, 6) is -1.35. The van der Waals surface area contributed by atoms with Gasteiger partial charge in [0, 0.05) is 13.0 Å². The van der Waals surface area contributed by atoms with Gasteiger partial charge in [-0.15, -0.1) is 0 Å². The van der Waals surface area contributed by atoms with E-state index in [-0.39, 0.29) is 19.4 Å². The molecular weight excluding hydrogens is 406 g/mol. The zero-order valence-electron chi connectivity index (χ0n) is 16.5. The van der Waals surface area contributed by atoms with Gasteiger partial charge in [-0.25, -0.2) is 0 Å². The molecule has 5 N–H and O–H groups in total. The van der Waals surface area contributed by atoms with Crippen molar-refractivity contribution < 1.29 is 22.6 Å². The Hall–Kier alpha value is -2.75. The topological polar surface area (TPSA) is 139 Å². The minimum Gasteiger partial charge on any atom is -0.354 e. The van der Waals surface area contributed by atoms with Crippen molar-refractivity contribution in [2.75, 3.05) is 12.3 Å². The van der Waals surface area contributed by atoms with Gasteiger partial charge < -0.3 is 16.4 Å². The van der Waals surface area contributed by atoms with Crippen molar-refractivity contribution in [2.45, 2.75) is 31.3 Å². The Bertz CT molecular complexity index is 920. The first-order valence-corrected chi connectivity index (χ1v) is 11.2. The van der Waals surface area contributed by atoms with Gasteiger partial charge >= 0.3 is 0 Å². The highest BCUT2D eigenvalue weighted by atomic mass is 32.2. The SMILES string of the molecule is N[C@H](Cc1ccccc1)C(=O)N[C@H](Cc1ccccc1)C(=O)NCCCS(=O)(=O)O. The maximum atomic E-state index is 12.6. The van der Waals surface area contributed by atoms with E-state index in [0.29, 0.717) is 6.42 Å². The number of amides is 2. The maximum Gasteiger partial charge on any atom is 0.264 e. The van der Waals surface area contributed by atoms with E-state index in [4.69, 9.17) is 10.3 Å². The van der Waals surface area contributed by atoms with Gasteiger partial charge in [-0.3, -0.25) is 14.1 Å². The Morgan fingerprint density at radius 3 is 1.97 bits per heavy atom. The highest BCUT2D eigenvalue weighted by Gasteiger charge is 2.24. The van der Waals surface area contributed by atoms with Crippen LogP contribution in [0.5, 0.6) is 0 Å². The predicted octanol–water partition coefficient (Wildman–Crippen LogP) is 0.678. The van der Waals surface area contributed by atoms with E-state index in [0.717, 1.165) is 11.1 Å². The molecule has 0 saturated heterocycles. The van der Waals surface area contributed by atoms with Crippen molar-refractivity contribution in [3.63, 3.8) is 0 Å². The summed E-state index contributed by atoms with van der Waals surface area (Å²) in [6.45, 7) is 0.0514. The van der Waals surface area contributed by atoms with Crippen LogP contribution in [-0.2, 0) is 32.5 Å². The lowest BCUT2D eigenvalue weighted by Gasteiger charge is -2.21. The number of hydrogen-bond acceptors (Lipinski definition) is 5. The third-order valence-corrected chi connectivity index (χ3v) is 5.23. The summed E-state index contributed by atoms with van der Waals surface area (Å²) in [7, 11) is -4.09. The molecule has 0 aliphatic carbocycles. The van der Waals surface area contributed by atoms with Crippen LogP contribution in [0.4, 0.5) is 0 Å². The van der Waals surface area contributed by atoms with Gasteiger partial charge in [0.2, 0.25) is 11.8 Å². The summed E-state index contributed by atoms with van der Waals surface area (Å²) in [6.07, 6.45) is 0.652. The summed E-state index contributed by atoms with van der Waals surface area (Å²) in [5.41, 5.74) is 7.79. The number of nitrogens with two attached hydrogens (primary N) is 1. The van der Waals surface area contributed by atoms with Gasteiger partial charge in [0.25, 0.3) is 10.1 Å². The molecule has 0 aromatic heterocycles. The molecule has 0 saturated carbocycles. The summed E-state index contributed by atoms with van der Waals surface area (Å²) in [6, 6.07) is 16.8. The Morgan fingerprint density at radius 1 is 0.900 bits per heavy atom. The fourth-order valence-corrected chi connectivity index (χ4v) is 3.40. The van der Waals surface area contributed by atoms with Crippen molar-refractivity contribution in [3.05, 3.63) is 71.8 Å². The predicted molar refractivity (Wildman–Crippen MR) is 114 cm³/mol. The van der Waals surface area contributed by atoms with Crippen molar-refractivity contribution in [1.29, 1.82) is 0 Å². The Morgan fingerprint density at radius 2 is 1.43 bits per heavy atom. The average molecular weight is 434 g/mol.